The molecule has 1 aromatic heterocycles. The lowest BCUT2D eigenvalue weighted by atomic mass is 10.1. The summed E-state index contributed by atoms with van der Waals surface area (Å²) in [6.07, 6.45) is -2.62. The van der Waals surface area contributed by atoms with E-state index < -0.39 is 11.4 Å². The number of thioether (sulfide) groups is 1. The normalized spacial score (nSPS) is 18.9. The maximum atomic E-state index is 12.9. The summed E-state index contributed by atoms with van der Waals surface area (Å²) in [6, 6.07) is 8.79. The standard InChI is InChI=1S/C13H8F3NS/c14-13(15,16)12-9-7-8-3-1-2-4-10(8)17-11(9)5-6-18-12/h1-7,12H. The molecule has 1 unspecified atom stereocenters. The monoisotopic (exact) mass is 267 g/mol. The van der Waals surface area contributed by atoms with Gasteiger partial charge in [-0.05, 0) is 23.6 Å². The molecule has 1 nitrogen and oxygen atoms in total. The van der Waals surface area contributed by atoms with Crippen LogP contribution in [0.15, 0.2) is 35.7 Å². The molecule has 0 aliphatic carbocycles. The van der Waals surface area contributed by atoms with Crippen molar-refractivity contribution in [3.05, 3.63) is 47.0 Å². The van der Waals surface area contributed by atoms with E-state index in [1.807, 2.05) is 6.07 Å². The predicted octanol–water partition coefficient (Wildman–Crippen LogP) is 4.56. The lowest BCUT2D eigenvalue weighted by Crippen LogP contribution is -2.20. The molecule has 2 aromatic rings. The lowest BCUT2D eigenvalue weighted by Gasteiger charge is -2.23. The molecule has 0 saturated carbocycles. The highest BCUT2D eigenvalue weighted by Gasteiger charge is 2.43. The molecule has 2 heterocycles. The van der Waals surface area contributed by atoms with Crippen LogP contribution >= 0.6 is 11.8 Å². The molecule has 0 bridgehead atoms. The second-order valence-electron chi connectivity index (χ2n) is 4.02. The van der Waals surface area contributed by atoms with E-state index in [0.29, 0.717) is 11.2 Å². The molecule has 0 N–H and O–H groups in total. The molecule has 0 fully saturated rings. The van der Waals surface area contributed by atoms with Gasteiger partial charge in [0.25, 0.3) is 0 Å². The van der Waals surface area contributed by atoms with Crippen molar-refractivity contribution < 1.29 is 13.2 Å². The summed E-state index contributed by atoms with van der Waals surface area (Å²) in [5, 5.41) is 0.679. The van der Waals surface area contributed by atoms with Crippen LogP contribution in [0.3, 0.4) is 0 Å². The zero-order chi connectivity index (χ0) is 12.8. The van der Waals surface area contributed by atoms with Gasteiger partial charge in [0.15, 0.2) is 0 Å². The Morgan fingerprint density at radius 3 is 2.72 bits per heavy atom. The fraction of sp³-hybridized carbons (Fsp3) is 0.154. The van der Waals surface area contributed by atoms with Crippen molar-refractivity contribution in [2.75, 3.05) is 0 Å². The SMILES string of the molecule is FC(F)(F)C1SC=Cc2nc3ccccc3cc21. The van der Waals surface area contributed by atoms with Gasteiger partial charge in [-0.25, -0.2) is 4.98 Å². The van der Waals surface area contributed by atoms with E-state index >= 15 is 0 Å². The van der Waals surface area contributed by atoms with Gasteiger partial charge in [0.05, 0.1) is 11.2 Å². The Hall–Kier alpha value is -1.49. The molecule has 3 rings (SSSR count). The van der Waals surface area contributed by atoms with Crippen LogP contribution in [0.1, 0.15) is 16.5 Å². The number of nitrogens with zero attached hydrogens (tertiary/aromatic N) is 1. The van der Waals surface area contributed by atoms with Crippen molar-refractivity contribution in [2.45, 2.75) is 11.4 Å². The number of hydrogen-bond donors (Lipinski definition) is 0. The van der Waals surface area contributed by atoms with Crippen molar-refractivity contribution in [2.24, 2.45) is 0 Å². The third-order valence-corrected chi connectivity index (χ3v) is 3.89. The Morgan fingerprint density at radius 1 is 1.17 bits per heavy atom. The van der Waals surface area contributed by atoms with Gasteiger partial charge >= 0.3 is 6.18 Å². The zero-order valence-electron chi connectivity index (χ0n) is 9.11. The lowest BCUT2D eigenvalue weighted by molar-refractivity contribution is -0.129. The van der Waals surface area contributed by atoms with Crippen molar-refractivity contribution in [1.82, 2.24) is 4.98 Å². The van der Waals surface area contributed by atoms with Crippen LogP contribution in [0.2, 0.25) is 0 Å². The van der Waals surface area contributed by atoms with Crippen molar-refractivity contribution in [3.8, 4) is 0 Å². The van der Waals surface area contributed by atoms with E-state index in [1.165, 1.54) is 5.41 Å². The average molecular weight is 267 g/mol. The first-order valence-corrected chi connectivity index (χ1v) is 6.28. The zero-order valence-corrected chi connectivity index (χ0v) is 9.92. The molecule has 1 aromatic carbocycles. The van der Waals surface area contributed by atoms with Gasteiger partial charge in [0.2, 0.25) is 0 Å². The largest absolute Gasteiger partial charge is 0.404 e. The maximum Gasteiger partial charge on any atom is 0.404 e. The molecule has 1 aliphatic rings. The molecular formula is C13H8F3NS. The number of hydrogen-bond acceptors (Lipinski definition) is 2. The van der Waals surface area contributed by atoms with Gasteiger partial charge in [-0.3, -0.25) is 0 Å². The smallest absolute Gasteiger partial charge is 0.248 e. The summed E-state index contributed by atoms with van der Waals surface area (Å²) in [4.78, 5) is 4.28. The van der Waals surface area contributed by atoms with Crippen molar-refractivity contribution >= 4 is 28.7 Å². The number of aromatic nitrogens is 1. The van der Waals surface area contributed by atoms with Crippen molar-refractivity contribution in [1.29, 1.82) is 0 Å². The molecule has 1 aliphatic heterocycles. The van der Waals surface area contributed by atoms with E-state index in [-0.39, 0.29) is 5.56 Å². The third kappa shape index (κ3) is 1.88. The third-order valence-electron chi connectivity index (χ3n) is 2.80. The Bertz CT molecular complexity index is 634. The second kappa shape index (κ2) is 4.02. The minimum Gasteiger partial charge on any atom is -0.248 e. The topological polar surface area (TPSA) is 12.9 Å². The summed E-state index contributed by atoms with van der Waals surface area (Å²) in [6.45, 7) is 0. The average Bonchev–Trinajstić information content (AvgIpc) is 2.34. The highest BCUT2D eigenvalue weighted by atomic mass is 32.2. The molecule has 0 spiro atoms. The summed E-state index contributed by atoms with van der Waals surface area (Å²) < 4.78 is 38.8. The highest BCUT2D eigenvalue weighted by molar-refractivity contribution is 8.02. The molecule has 92 valence electrons. The van der Waals surface area contributed by atoms with Crippen LogP contribution in [0.5, 0.6) is 0 Å². The summed E-state index contributed by atoms with van der Waals surface area (Å²) in [5.41, 5.74) is 1.37. The van der Waals surface area contributed by atoms with Crippen LogP contribution in [-0.2, 0) is 0 Å². The Balaban J connectivity index is 2.23. The number of alkyl halides is 3. The molecule has 0 amide bonds. The molecule has 0 radical (unpaired) electrons. The first kappa shape index (κ1) is 11.6. The Kier molecular flexibility index (Phi) is 2.59. The number of halogens is 3. The van der Waals surface area contributed by atoms with Crippen LogP contribution in [-0.4, -0.2) is 11.2 Å². The van der Waals surface area contributed by atoms with Gasteiger partial charge in [-0.15, -0.1) is 11.8 Å². The molecule has 0 saturated heterocycles. The second-order valence-corrected chi connectivity index (χ2v) is 5.03. The van der Waals surface area contributed by atoms with Crippen LogP contribution < -0.4 is 0 Å². The predicted molar refractivity (Wildman–Crippen MR) is 67.2 cm³/mol. The van der Waals surface area contributed by atoms with Gasteiger partial charge in [-0.2, -0.15) is 13.2 Å². The minimum absolute atomic E-state index is 0.244. The number of rotatable bonds is 0. The highest BCUT2D eigenvalue weighted by Crippen LogP contribution is 2.47. The van der Waals surface area contributed by atoms with E-state index in [1.54, 1.807) is 30.3 Å². The molecule has 5 heteroatoms. The maximum absolute atomic E-state index is 12.9. The van der Waals surface area contributed by atoms with Crippen molar-refractivity contribution in [3.63, 3.8) is 0 Å². The molecule has 1 atom stereocenters. The van der Waals surface area contributed by atoms with Crippen LogP contribution in [0, 0.1) is 0 Å². The molecule has 18 heavy (non-hydrogen) atoms. The van der Waals surface area contributed by atoms with E-state index in [0.717, 1.165) is 17.1 Å². The van der Waals surface area contributed by atoms with Gasteiger partial charge in [0.1, 0.15) is 5.25 Å². The quantitative estimate of drug-likeness (QED) is 0.694. The number of benzene rings is 1. The Labute approximate surface area is 106 Å². The van der Waals surface area contributed by atoms with E-state index in [2.05, 4.69) is 4.98 Å². The fourth-order valence-corrected chi connectivity index (χ4v) is 2.85. The van der Waals surface area contributed by atoms with Gasteiger partial charge in [0, 0.05) is 10.9 Å². The van der Waals surface area contributed by atoms with Gasteiger partial charge < -0.3 is 0 Å². The summed E-state index contributed by atoms with van der Waals surface area (Å²) in [7, 11) is 0. The Morgan fingerprint density at radius 2 is 1.94 bits per heavy atom. The number of para-hydroxylation sites is 1. The van der Waals surface area contributed by atoms with Gasteiger partial charge in [-0.1, -0.05) is 18.2 Å². The minimum atomic E-state index is -4.26. The summed E-state index contributed by atoms with van der Waals surface area (Å²) >= 11 is 0.776. The number of pyridine rings is 1. The first-order chi connectivity index (χ1) is 8.55. The molecular weight excluding hydrogens is 259 g/mol. The number of fused-ring (bicyclic) bond motifs is 2. The summed E-state index contributed by atoms with van der Waals surface area (Å²) in [5.74, 6) is 0. The van der Waals surface area contributed by atoms with Crippen LogP contribution in [0.4, 0.5) is 13.2 Å². The fourth-order valence-electron chi connectivity index (χ4n) is 2.00. The van der Waals surface area contributed by atoms with E-state index in [4.69, 9.17) is 0 Å². The van der Waals surface area contributed by atoms with Crippen LogP contribution in [0.25, 0.3) is 17.0 Å². The van der Waals surface area contributed by atoms with E-state index in [9.17, 15) is 13.2 Å². The first-order valence-electron chi connectivity index (χ1n) is 5.34.